The van der Waals surface area contributed by atoms with Crippen LogP contribution in [0.15, 0.2) is 103 Å². The van der Waals surface area contributed by atoms with Gasteiger partial charge < -0.3 is 10.2 Å². The number of hydrogen-bond acceptors (Lipinski definition) is 3. The molecule has 1 amide bonds. The first-order chi connectivity index (χ1) is 18.9. The lowest BCUT2D eigenvalue weighted by Gasteiger charge is -2.25. The van der Waals surface area contributed by atoms with Crippen LogP contribution in [0.25, 0.3) is 0 Å². The number of para-hydroxylation sites is 2. The van der Waals surface area contributed by atoms with Gasteiger partial charge in [-0.1, -0.05) is 108 Å². The van der Waals surface area contributed by atoms with Crippen LogP contribution in [0.3, 0.4) is 0 Å². The molecular weight excluding hydrogens is 492 g/mol. The van der Waals surface area contributed by atoms with E-state index in [0.29, 0.717) is 29.8 Å². The largest absolute Gasteiger partial charge is 0.383 e. The van der Waals surface area contributed by atoms with Crippen LogP contribution in [-0.2, 0) is 10.8 Å². The predicted octanol–water partition coefficient (Wildman–Crippen LogP) is 8.27. The first-order valence-corrected chi connectivity index (χ1v) is 13.9. The van der Waals surface area contributed by atoms with Gasteiger partial charge in [0.15, 0.2) is 5.78 Å². The number of nitrogens with zero attached hydrogens (tertiary/aromatic N) is 1. The number of hydrogen-bond donors (Lipinski definition) is 1. The van der Waals surface area contributed by atoms with Crippen molar-refractivity contribution in [3.8, 4) is 0 Å². The van der Waals surface area contributed by atoms with Crippen molar-refractivity contribution in [2.45, 2.75) is 52.4 Å². The van der Waals surface area contributed by atoms with Gasteiger partial charge in [-0.05, 0) is 58.4 Å². The Morgan fingerprint density at radius 2 is 1.12 bits per heavy atom. The summed E-state index contributed by atoms with van der Waals surface area (Å²) in [6.45, 7) is 13.9. The molecule has 0 atom stereocenters. The van der Waals surface area contributed by atoms with Crippen molar-refractivity contribution in [1.82, 2.24) is 0 Å². The number of carbonyl (C=O) groups excluding carboxylic acids is 2. The summed E-state index contributed by atoms with van der Waals surface area (Å²) in [7, 11) is 0. The molecule has 206 valence electrons. The van der Waals surface area contributed by atoms with Crippen molar-refractivity contribution < 1.29 is 9.59 Å². The van der Waals surface area contributed by atoms with Crippen LogP contribution in [0.5, 0.6) is 0 Å². The highest BCUT2D eigenvalue weighted by molar-refractivity contribution is 6.12. The zero-order chi connectivity index (χ0) is 28.9. The number of rotatable bonds is 8. The minimum atomic E-state index is -0.0586. The van der Waals surface area contributed by atoms with Crippen LogP contribution < -0.4 is 10.2 Å². The summed E-state index contributed by atoms with van der Waals surface area (Å²) in [4.78, 5) is 28.9. The van der Waals surface area contributed by atoms with Gasteiger partial charge in [0.05, 0.1) is 0 Å². The third kappa shape index (κ3) is 6.87. The van der Waals surface area contributed by atoms with Crippen molar-refractivity contribution in [1.29, 1.82) is 0 Å². The molecule has 4 heteroatoms. The van der Waals surface area contributed by atoms with Crippen molar-refractivity contribution in [2.75, 3.05) is 23.3 Å². The summed E-state index contributed by atoms with van der Waals surface area (Å²) in [5.74, 6) is -0.0877. The monoisotopic (exact) mass is 532 g/mol. The molecule has 0 radical (unpaired) electrons. The molecule has 0 aliphatic carbocycles. The zero-order valence-corrected chi connectivity index (χ0v) is 24.5. The molecular formula is C36H40N2O2. The fraction of sp³-hybridized carbons (Fsp3) is 0.278. The zero-order valence-electron chi connectivity index (χ0n) is 24.5. The minimum Gasteiger partial charge on any atom is -0.383 e. The summed E-state index contributed by atoms with van der Waals surface area (Å²) in [5.41, 5.74) is 5.91. The Morgan fingerprint density at radius 1 is 0.625 bits per heavy atom. The van der Waals surface area contributed by atoms with Crippen molar-refractivity contribution in [2.24, 2.45) is 0 Å². The van der Waals surface area contributed by atoms with Gasteiger partial charge in [-0.2, -0.15) is 0 Å². The lowest BCUT2D eigenvalue weighted by molar-refractivity contribution is 0.0986. The number of benzene rings is 4. The highest BCUT2D eigenvalue weighted by Gasteiger charge is 2.21. The Balaban J connectivity index is 1.51. The molecule has 40 heavy (non-hydrogen) atoms. The first kappa shape index (κ1) is 28.8. The van der Waals surface area contributed by atoms with E-state index < -0.39 is 0 Å². The quantitative estimate of drug-likeness (QED) is 0.232. The van der Waals surface area contributed by atoms with Crippen LogP contribution in [0.2, 0.25) is 0 Å². The summed E-state index contributed by atoms with van der Waals surface area (Å²) in [6, 6.07) is 33.0. The maximum Gasteiger partial charge on any atom is 0.258 e. The molecule has 0 aromatic heterocycles. The average Bonchev–Trinajstić information content (AvgIpc) is 2.94. The topological polar surface area (TPSA) is 49.4 Å². The molecule has 0 aliphatic rings. The standard InChI is InChI=1S/C36H40N2O2/c1-35(2,3)28-20-16-26(17-21-28)33(39)31-14-10-11-15-32(31)37-24-25-38(30-12-8-7-9-13-30)34(40)27-18-22-29(23-19-27)36(4,5)6/h7-23,37H,24-25H2,1-6H3. The van der Waals surface area contributed by atoms with E-state index in [9.17, 15) is 9.59 Å². The Morgan fingerprint density at radius 3 is 1.68 bits per heavy atom. The van der Waals surface area contributed by atoms with Gasteiger partial charge in [0.25, 0.3) is 5.91 Å². The molecule has 0 aliphatic heterocycles. The van der Waals surface area contributed by atoms with Crippen LogP contribution >= 0.6 is 0 Å². The summed E-state index contributed by atoms with van der Waals surface area (Å²) < 4.78 is 0. The highest BCUT2D eigenvalue weighted by Crippen LogP contribution is 2.26. The Bertz CT molecular complexity index is 1440. The van der Waals surface area contributed by atoms with Crippen LogP contribution in [-0.4, -0.2) is 24.8 Å². The normalized spacial score (nSPS) is 11.7. The molecule has 0 heterocycles. The van der Waals surface area contributed by atoms with E-state index in [1.807, 2.05) is 103 Å². The fourth-order valence-corrected chi connectivity index (χ4v) is 4.64. The molecule has 4 rings (SSSR count). The molecule has 0 saturated heterocycles. The second-order valence-electron chi connectivity index (χ2n) is 12.2. The van der Waals surface area contributed by atoms with Crippen LogP contribution in [0.4, 0.5) is 11.4 Å². The summed E-state index contributed by atoms with van der Waals surface area (Å²) in [5, 5.41) is 3.42. The maximum absolute atomic E-state index is 13.7. The molecule has 0 bridgehead atoms. The Labute approximate surface area is 239 Å². The molecule has 4 aromatic rings. The molecule has 0 unspecified atom stereocenters. The van der Waals surface area contributed by atoms with E-state index in [4.69, 9.17) is 0 Å². The lowest BCUT2D eigenvalue weighted by Crippen LogP contribution is -2.35. The second kappa shape index (κ2) is 11.9. The van der Waals surface area contributed by atoms with Gasteiger partial charge in [0.2, 0.25) is 0 Å². The minimum absolute atomic E-state index is 0.0179. The number of nitrogens with one attached hydrogen (secondary N) is 1. The van der Waals surface area contributed by atoms with E-state index in [2.05, 4.69) is 46.9 Å². The van der Waals surface area contributed by atoms with E-state index in [1.54, 1.807) is 4.90 Å². The Kier molecular flexibility index (Phi) is 8.58. The predicted molar refractivity (Wildman–Crippen MR) is 167 cm³/mol. The van der Waals surface area contributed by atoms with Crippen LogP contribution in [0.1, 0.15) is 78.9 Å². The van der Waals surface area contributed by atoms with Gasteiger partial charge >= 0.3 is 0 Å². The first-order valence-electron chi connectivity index (χ1n) is 13.9. The summed E-state index contributed by atoms with van der Waals surface area (Å²) in [6.07, 6.45) is 0. The molecule has 4 aromatic carbocycles. The lowest BCUT2D eigenvalue weighted by atomic mass is 9.86. The average molecular weight is 533 g/mol. The molecule has 0 spiro atoms. The number of amides is 1. The van der Waals surface area contributed by atoms with Gasteiger partial charge in [-0.25, -0.2) is 0 Å². The molecule has 0 saturated carbocycles. The van der Waals surface area contributed by atoms with E-state index >= 15 is 0 Å². The SMILES string of the molecule is CC(C)(C)c1ccc(C(=O)c2ccccc2NCCN(C(=O)c2ccc(C(C)(C)C)cc2)c2ccccc2)cc1. The fourth-order valence-electron chi connectivity index (χ4n) is 4.64. The van der Waals surface area contributed by atoms with E-state index in [0.717, 1.165) is 11.4 Å². The number of ketones is 1. The molecule has 4 nitrogen and oxygen atoms in total. The maximum atomic E-state index is 13.7. The molecule has 0 fully saturated rings. The highest BCUT2D eigenvalue weighted by atomic mass is 16.2. The van der Waals surface area contributed by atoms with E-state index in [-0.39, 0.29) is 22.5 Å². The van der Waals surface area contributed by atoms with Crippen molar-refractivity contribution in [3.63, 3.8) is 0 Å². The number of carbonyl (C=O) groups is 2. The molecule has 1 N–H and O–H groups in total. The summed E-state index contributed by atoms with van der Waals surface area (Å²) >= 11 is 0. The van der Waals surface area contributed by atoms with E-state index in [1.165, 1.54) is 11.1 Å². The van der Waals surface area contributed by atoms with Gasteiger partial charge in [-0.15, -0.1) is 0 Å². The van der Waals surface area contributed by atoms with Crippen molar-refractivity contribution in [3.05, 3.63) is 131 Å². The van der Waals surface area contributed by atoms with Gasteiger partial charge in [0.1, 0.15) is 0 Å². The van der Waals surface area contributed by atoms with Crippen molar-refractivity contribution >= 4 is 23.1 Å². The van der Waals surface area contributed by atoms with Gasteiger partial charge in [-0.3, -0.25) is 9.59 Å². The smallest absolute Gasteiger partial charge is 0.258 e. The van der Waals surface area contributed by atoms with Gasteiger partial charge in [0, 0.05) is 41.2 Å². The number of anilines is 2. The Hall–Kier alpha value is -4.18. The third-order valence-corrected chi connectivity index (χ3v) is 7.15. The third-order valence-electron chi connectivity index (χ3n) is 7.15. The second-order valence-corrected chi connectivity index (χ2v) is 12.2. The van der Waals surface area contributed by atoms with Crippen LogP contribution in [0, 0.1) is 0 Å².